The number of aliphatic hydroxyl groups is 1. The Labute approximate surface area is 306 Å². The number of hydrogen-bond acceptors (Lipinski definition) is 11. The lowest BCUT2D eigenvalue weighted by atomic mass is 9.98. The van der Waals surface area contributed by atoms with Gasteiger partial charge in [0.2, 0.25) is 29.5 Å². The third-order valence-corrected chi connectivity index (χ3v) is 8.55. The molecule has 0 aliphatic rings. The second-order valence-electron chi connectivity index (χ2n) is 12.9. The molecule has 0 heterocycles. The minimum Gasteiger partial charge on any atom is -0.481 e. The molecular formula is C32H51N6O14P. The number of aliphatic hydroxyl groups excluding tert-OH is 1. The van der Waals surface area contributed by atoms with Crippen LogP contribution < -0.4 is 36.8 Å². The van der Waals surface area contributed by atoms with Crippen molar-refractivity contribution in [2.24, 2.45) is 17.6 Å². The van der Waals surface area contributed by atoms with Gasteiger partial charge in [-0.05, 0) is 49.8 Å². The third kappa shape index (κ3) is 16.3. The number of phosphoric ester groups is 1. The van der Waals surface area contributed by atoms with Crippen LogP contribution in [-0.2, 0) is 44.5 Å². The van der Waals surface area contributed by atoms with E-state index < -0.39 is 110 Å². The standard InChI is InChI=1S/C32H51N6O14P/c1-7-16(4)24(33)30(45)38-26(18(6)39)31(46)36-22(14-19-8-10-20(11-9-19)52-53(49,50)51)29(44)34-17(5)27(42)35-21(12-13-23(40)41)28(43)37-25(15(2)3)32(47)48/h8-11,15-18,21-22,24-26,39H,7,12-14,33H2,1-6H3,(H,34,44)(H,35,42)(H,36,46)(H,37,43)(H,38,45)(H,40,41)(H,47,48)(H2,49,50,51)/t16-,17-,18+,21-,22-,24-,25-,26-/m0/s1. The Kier molecular flexibility index (Phi) is 18.5. The van der Waals surface area contributed by atoms with E-state index in [1.165, 1.54) is 52.0 Å². The molecule has 1 rings (SSSR count). The van der Waals surface area contributed by atoms with Gasteiger partial charge >= 0.3 is 19.8 Å². The fraction of sp³-hybridized carbons (Fsp3) is 0.594. The van der Waals surface area contributed by atoms with E-state index in [1.807, 2.05) is 0 Å². The summed E-state index contributed by atoms with van der Waals surface area (Å²) in [7, 11) is -4.89. The minimum absolute atomic E-state index is 0.212. The van der Waals surface area contributed by atoms with Crippen LogP contribution in [0.25, 0.3) is 0 Å². The van der Waals surface area contributed by atoms with Gasteiger partial charge in [-0.2, -0.15) is 0 Å². The Morgan fingerprint density at radius 2 is 1.28 bits per heavy atom. The van der Waals surface area contributed by atoms with E-state index in [4.69, 9.17) is 20.6 Å². The Bertz CT molecular complexity index is 1500. The molecular weight excluding hydrogens is 723 g/mol. The molecule has 0 aliphatic carbocycles. The molecule has 0 spiro atoms. The highest BCUT2D eigenvalue weighted by atomic mass is 31.2. The van der Waals surface area contributed by atoms with Crippen LogP contribution in [0.3, 0.4) is 0 Å². The van der Waals surface area contributed by atoms with Gasteiger partial charge in [-0.15, -0.1) is 0 Å². The Morgan fingerprint density at radius 3 is 1.75 bits per heavy atom. The van der Waals surface area contributed by atoms with Crippen LogP contribution in [0.4, 0.5) is 0 Å². The van der Waals surface area contributed by atoms with Crippen molar-refractivity contribution in [3.63, 3.8) is 0 Å². The van der Waals surface area contributed by atoms with Gasteiger partial charge in [0.05, 0.1) is 12.1 Å². The number of benzene rings is 1. The normalized spacial score (nSPS) is 16.0. The van der Waals surface area contributed by atoms with Crippen LogP contribution in [-0.4, -0.2) is 109 Å². The highest BCUT2D eigenvalue weighted by Gasteiger charge is 2.34. The molecule has 0 saturated carbocycles. The van der Waals surface area contributed by atoms with Crippen LogP contribution in [0.15, 0.2) is 24.3 Å². The number of carboxylic acids is 2. The Morgan fingerprint density at radius 1 is 0.755 bits per heavy atom. The third-order valence-electron chi connectivity index (χ3n) is 8.11. The number of phosphoric acid groups is 1. The number of carboxylic acid groups (broad SMARTS) is 2. The van der Waals surface area contributed by atoms with Crippen LogP contribution in [0.2, 0.25) is 0 Å². The number of rotatable bonds is 22. The molecule has 0 radical (unpaired) electrons. The van der Waals surface area contributed by atoms with Gasteiger partial charge in [0.25, 0.3) is 0 Å². The molecule has 0 unspecified atom stereocenters. The van der Waals surface area contributed by atoms with Crippen LogP contribution >= 0.6 is 7.82 Å². The number of amides is 5. The first-order chi connectivity index (χ1) is 24.5. The summed E-state index contributed by atoms with van der Waals surface area (Å²) in [5, 5.41) is 40.7. The molecule has 5 amide bonds. The number of carbonyl (C=O) groups excluding carboxylic acids is 5. The number of hydrogen-bond donors (Lipinski definition) is 11. The minimum atomic E-state index is -4.89. The van der Waals surface area contributed by atoms with E-state index in [2.05, 4.69) is 31.1 Å². The molecule has 1 aromatic carbocycles. The quantitative estimate of drug-likeness (QED) is 0.0598. The second kappa shape index (κ2) is 21.2. The predicted molar refractivity (Wildman–Crippen MR) is 187 cm³/mol. The maximum absolute atomic E-state index is 13.6. The maximum Gasteiger partial charge on any atom is 0.524 e. The zero-order valence-corrected chi connectivity index (χ0v) is 31.2. The largest absolute Gasteiger partial charge is 0.524 e. The summed E-state index contributed by atoms with van der Waals surface area (Å²) in [6.07, 6.45) is -2.23. The van der Waals surface area contributed by atoms with Crippen LogP contribution in [0.1, 0.15) is 66.4 Å². The van der Waals surface area contributed by atoms with Crippen molar-refractivity contribution in [3.05, 3.63) is 29.8 Å². The summed E-state index contributed by atoms with van der Waals surface area (Å²) in [6.45, 7) is 9.02. The zero-order chi connectivity index (χ0) is 40.8. The number of aliphatic carboxylic acids is 2. The molecule has 12 N–H and O–H groups in total. The Balaban J connectivity index is 3.33. The SMILES string of the molecule is CC[C@H](C)[C@H](N)C(=O)N[C@H](C(=O)N[C@@H](Cc1ccc(OP(=O)(O)O)cc1)C(=O)N[C@@H](C)C(=O)N[C@@H](CCC(=O)O)C(=O)N[C@H](C(=O)O)C(C)C)[C@@H](C)O. The summed E-state index contributed by atoms with van der Waals surface area (Å²) in [6, 6.07) is -3.38. The van der Waals surface area contributed by atoms with Crippen molar-refractivity contribution in [2.75, 3.05) is 0 Å². The van der Waals surface area contributed by atoms with Crippen molar-refractivity contribution in [2.45, 2.75) is 110 Å². The van der Waals surface area contributed by atoms with Gasteiger partial charge in [0.1, 0.15) is 36.0 Å². The zero-order valence-electron chi connectivity index (χ0n) is 30.3. The van der Waals surface area contributed by atoms with Crippen LogP contribution in [0.5, 0.6) is 5.75 Å². The van der Waals surface area contributed by atoms with Crippen LogP contribution in [0, 0.1) is 11.8 Å². The summed E-state index contributed by atoms with van der Waals surface area (Å²) in [5.74, 6) is -8.38. The van der Waals surface area contributed by atoms with Crippen molar-refractivity contribution >= 4 is 49.3 Å². The highest BCUT2D eigenvalue weighted by molar-refractivity contribution is 7.46. The van der Waals surface area contributed by atoms with Gasteiger partial charge in [-0.1, -0.05) is 46.2 Å². The lowest BCUT2D eigenvalue weighted by molar-refractivity contribution is -0.144. The number of carbonyl (C=O) groups is 7. The Hall–Kier alpha value is -4.62. The monoisotopic (exact) mass is 774 g/mol. The van der Waals surface area contributed by atoms with Gasteiger partial charge in [-0.3, -0.25) is 38.6 Å². The topological polar surface area (TPSA) is 333 Å². The van der Waals surface area contributed by atoms with Gasteiger partial charge in [0, 0.05) is 12.8 Å². The summed E-state index contributed by atoms with van der Waals surface area (Å²) < 4.78 is 15.7. The first-order valence-electron chi connectivity index (χ1n) is 16.7. The van der Waals surface area contributed by atoms with E-state index in [1.54, 1.807) is 13.8 Å². The van der Waals surface area contributed by atoms with Crippen molar-refractivity contribution < 1.29 is 67.8 Å². The number of nitrogens with two attached hydrogens (primary N) is 1. The molecule has 53 heavy (non-hydrogen) atoms. The lowest BCUT2D eigenvalue weighted by Crippen LogP contribution is -2.61. The second-order valence-corrected chi connectivity index (χ2v) is 14.1. The van der Waals surface area contributed by atoms with E-state index in [9.17, 15) is 48.3 Å². The first-order valence-corrected chi connectivity index (χ1v) is 18.2. The van der Waals surface area contributed by atoms with Gasteiger partial charge in [-0.25, -0.2) is 9.36 Å². The molecule has 0 fully saturated rings. The van der Waals surface area contributed by atoms with Crippen molar-refractivity contribution in [1.82, 2.24) is 26.6 Å². The van der Waals surface area contributed by atoms with E-state index in [0.29, 0.717) is 12.0 Å². The molecule has 8 atom stereocenters. The fourth-order valence-electron chi connectivity index (χ4n) is 4.68. The van der Waals surface area contributed by atoms with Crippen molar-refractivity contribution in [1.29, 1.82) is 0 Å². The molecule has 0 bridgehead atoms. The molecule has 298 valence electrons. The predicted octanol–water partition coefficient (Wildman–Crippen LogP) is -1.50. The van der Waals surface area contributed by atoms with Crippen molar-refractivity contribution in [3.8, 4) is 5.75 Å². The van der Waals surface area contributed by atoms with Gasteiger partial charge in [0.15, 0.2) is 0 Å². The molecule has 0 aromatic heterocycles. The summed E-state index contributed by atoms with van der Waals surface area (Å²) >= 11 is 0. The average Bonchev–Trinajstić information content (AvgIpc) is 3.05. The molecule has 0 saturated heterocycles. The van der Waals surface area contributed by atoms with E-state index >= 15 is 0 Å². The first kappa shape index (κ1) is 46.4. The number of nitrogens with one attached hydrogen (secondary N) is 5. The smallest absolute Gasteiger partial charge is 0.481 e. The highest BCUT2D eigenvalue weighted by Crippen LogP contribution is 2.37. The van der Waals surface area contributed by atoms with E-state index in [0.717, 1.165) is 0 Å². The van der Waals surface area contributed by atoms with E-state index in [-0.39, 0.29) is 18.1 Å². The average molecular weight is 775 g/mol. The molecule has 21 heteroatoms. The summed E-state index contributed by atoms with van der Waals surface area (Å²) in [5.41, 5.74) is 6.30. The maximum atomic E-state index is 13.6. The fourth-order valence-corrected chi connectivity index (χ4v) is 5.07. The molecule has 1 aromatic rings. The molecule has 0 aliphatic heterocycles. The summed E-state index contributed by atoms with van der Waals surface area (Å²) in [4.78, 5) is 107. The molecule has 20 nitrogen and oxygen atoms in total. The lowest BCUT2D eigenvalue weighted by Gasteiger charge is -2.28. The van der Waals surface area contributed by atoms with Gasteiger partial charge < -0.3 is 52.2 Å².